The Bertz CT molecular complexity index is 581. The summed E-state index contributed by atoms with van der Waals surface area (Å²) in [4.78, 5) is 7.97. The second-order valence-corrected chi connectivity index (χ2v) is 6.32. The molecule has 21 heavy (non-hydrogen) atoms. The summed E-state index contributed by atoms with van der Waals surface area (Å²) in [6.07, 6.45) is 0.692. The number of rotatable bonds is 5. The number of aromatic nitrogens is 2. The van der Waals surface area contributed by atoms with Crippen molar-refractivity contribution in [1.29, 1.82) is 0 Å². The van der Waals surface area contributed by atoms with E-state index in [4.69, 9.17) is 4.52 Å². The maximum atomic E-state index is 5.39. The van der Waals surface area contributed by atoms with Gasteiger partial charge in [-0.15, -0.1) is 11.8 Å². The van der Waals surface area contributed by atoms with E-state index in [1.807, 2.05) is 11.8 Å². The van der Waals surface area contributed by atoms with Gasteiger partial charge in [0.05, 0.1) is 6.42 Å². The fraction of sp³-hybridized carbons (Fsp3) is 0.467. The fourth-order valence-corrected chi connectivity index (χ4v) is 3.14. The zero-order valence-corrected chi connectivity index (χ0v) is 13.0. The van der Waals surface area contributed by atoms with Crippen molar-refractivity contribution >= 4 is 17.7 Å². The Kier molecular flexibility index (Phi) is 4.77. The molecule has 1 fully saturated rings. The zero-order chi connectivity index (χ0) is 14.5. The van der Waals surface area contributed by atoms with Crippen LogP contribution in [0.3, 0.4) is 0 Å². The Morgan fingerprint density at radius 2 is 2.19 bits per heavy atom. The highest BCUT2D eigenvalue weighted by molar-refractivity contribution is 7.99. The molecule has 5 nitrogen and oxygen atoms in total. The Labute approximate surface area is 129 Å². The molecule has 1 aromatic carbocycles. The zero-order valence-electron chi connectivity index (χ0n) is 12.2. The number of hydrogen-bond donors (Lipinski definition) is 1. The van der Waals surface area contributed by atoms with Gasteiger partial charge in [-0.2, -0.15) is 4.98 Å². The number of nitrogens with one attached hydrogen (secondary N) is 1. The van der Waals surface area contributed by atoms with Gasteiger partial charge >= 0.3 is 0 Å². The van der Waals surface area contributed by atoms with Crippen LogP contribution in [0.4, 0.5) is 5.95 Å². The lowest BCUT2D eigenvalue weighted by molar-refractivity contribution is 0.383. The first-order chi connectivity index (χ1) is 10.3. The van der Waals surface area contributed by atoms with Gasteiger partial charge < -0.3 is 14.7 Å². The lowest BCUT2D eigenvalue weighted by Gasteiger charge is -2.25. The molecule has 3 rings (SSSR count). The molecule has 0 atom stereocenters. The summed E-state index contributed by atoms with van der Waals surface area (Å²) < 4.78 is 5.39. The molecular weight excluding hydrogens is 284 g/mol. The third kappa shape index (κ3) is 3.77. The molecule has 0 bridgehead atoms. The summed E-state index contributed by atoms with van der Waals surface area (Å²) in [5.74, 6) is 2.48. The van der Waals surface area contributed by atoms with Crippen LogP contribution in [-0.2, 0) is 6.42 Å². The van der Waals surface area contributed by atoms with Crippen molar-refractivity contribution in [1.82, 2.24) is 15.5 Å². The number of piperazine rings is 1. The first kappa shape index (κ1) is 14.4. The number of nitrogens with zero attached hydrogens (tertiary/aromatic N) is 3. The van der Waals surface area contributed by atoms with Gasteiger partial charge in [-0.3, -0.25) is 0 Å². The van der Waals surface area contributed by atoms with Crippen molar-refractivity contribution in [3.63, 3.8) is 0 Å². The van der Waals surface area contributed by atoms with E-state index in [0.717, 1.165) is 31.9 Å². The largest absolute Gasteiger partial charge is 0.337 e. The monoisotopic (exact) mass is 304 g/mol. The third-order valence-electron chi connectivity index (χ3n) is 3.42. The minimum atomic E-state index is 0.683. The Morgan fingerprint density at radius 3 is 3.00 bits per heavy atom. The van der Waals surface area contributed by atoms with Crippen LogP contribution in [0, 0.1) is 0 Å². The van der Waals surface area contributed by atoms with Gasteiger partial charge in [-0.25, -0.2) is 0 Å². The molecule has 1 aliphatic heterocycles. The Hall–Kier alpha value is -1.53. The average Bonchev–Trinajstić information content (AvgIpc) is 2.97. The molecule has 0 radical (unpaired) electrons. The summed E-state index contributed by atoms with van der Waals surface area (Å²) in [6.45, 7) is 5.97. The molecule has 6 heteroatoms. The van der Waals surface area contributed by atoms with Crippen molar-refractivity contribution in [3.8, 4) is 0 Å². The lowest BCUT2D eigenvalue weighted by Crippen LogP contribution is -2.44. The smallest absolute Gasteiger partial charge is 0.266 e. The summed E-state index contributed by atoms with van der Waals surface area (Å²) in [6, 6.07) is 8.52. The Balaban J connectivity index is 1.67. The maximum absolute atomic E-state index is 5.39. The standard InChI is InChI=1S/C15H20N4OS/c1-2-21-13-5-3-4-12(10-13)11-14-17-15(18-20-14)19-8-6-16-7-9-19/h3-5,10,16H,2,6-9,11H2,1H3. The highest BCUT2D eigenvalue weighted by Crippen LogP contribution is 2.20. The predicted octanol–water partition coefficient (Wildman–Crippen LogP) is 2.18. The second kappa shape index (κ2) is 6.95. The number of anilines is 1. The van der Waals surface area contributed by atoms with E-state index in [1.54, 1.807) is 0 Å². The van der Waals surface area contributed by atoms with Crippen LogP contribution >= 0.6 is 11.8 Å². The highest BCUT2D eigenvalue weighted by Gasteiger charge is 2.16. The van der Waals surface area contributed by atoms with E-state index in [2.05, 4.69) is 51.5 Å². The van der Waals surface area contributed by atoms with Crippen molar-refractivity contribution in [2.24, 2.45) is 0 Å². The maximum Gasteiger partial charge on any atom is 0.266 e. The summed E-state index contributed by atoms with van der Waals surface area (Å²) >= 11 is 1.85. The first-order valence-electron chi connectivity index (χ1n) is 7.35. The predicted molar refractivity (Wildman–Crippen MR) is 85.0 cm³/mol. The van der Waals surface area contributed by atoms with Gasteiger partial charge in [-0.05, 0) is 28.6 Å². The van der Waals surface area contributed by atoms with E-state index in [-0.39, 0.29) is 0 Å². The van der Waals surface area contributed by atoms with Crippen LogP contribution in [0.25, 0.3) is 0 Å². The number of hydrogen-bond acceptors (Lipinski definition) is 6. The van der Waals surface area contributed by atoms with Gasteiger partial charge in [0.1, 0.15) is 0 Å². The van der Waals surface area contributed by atoms with Gasteiger partial charge in [0.2, 0.25) is 5.89 Å². The van der Waals surface area contributed by atoms with Crippen LogP contribution in [0.1, 0.15) is 18.4 Å². The fourth-order valence-electron chi connectivity index (χ4n) is 2.40. The van der Waals surface area contributed by atoms with E-state index in [9.17, 15) is 0 Å². The van der Waals surface area contributed by atoms with Gasteiger partial charge in [-0.1, -0.05) is 19.1 Å². The van der Waals surface area contributed by atoms with Gasteiger partial charge in [0.15, 0.2) is 0 Å². The topological polar surface area (TPSA) is 54.2 Å². The minimum absolute atomic E-state index is 0.683. The second-order valence-electron chi connectivity index (χ2n) is 4.98. The normalized spacial score (nSPS) is 15.4. The van der Waals surface area contributed by atoms with Crippen LogP contribution in [-0.4, -0.2) is 42.1 Å². The molecular formula is C15H20N4OS. The Morgan fingerprint density at radius 1 is 1.33 bits per heavy atom. The molecule has 0 amide bonds. The summed E-state index contributed by atoms with van der Waals surface area (Å²) in [7, 11) is 0. The van der Waals surface area contributed by atoms with Crippen LogP contribution < -0.4 is 10.2 Å². The molecule has 1 aromatic heterocycles. The van der Waals surface area contributed by atoms with Crippen molar-refractivity contribution in [3.05, 3.63) is 35.7 Å². The molecule has 0 saturated carbocycles. The molecule has 1 N–H and O–H groups in total. The lowest BCUT2D eigenvalue weighted by atomic mass is 10.1. The number of thioether (sulfide) groups is 1. The van der Waals surface area contributed by atoms with Crippen molar-refractivity contribution in [2.45, 2.75) is 18.2 Å². The molecule has 0 spiro atoms. The molecule has 2 aromatic rings. The first-order valence-corrected chi connectivity index (χ1v) is 8.33. The van der Waals surface area contributed by atoms with Crippen molar-refractivity contribution < 1.29 is 4.52 Å². The average molecular weight is 304 g/mol. The van der Waals surface area contributed by atoms with Gasteiger partial charge in [0, 0.05) is 31.1 Å². The molecule has 1 aliphatic rings. The molecule has 0 unspecified atom stereocenters. The molecule has 1 saturated heterocycles. The van der Waals surface area contributed by atoms with E-state index in [0.29, 0.717) is 18.3 Å². The molecule has 112 valence electrons. The summed E-state index contributed by atoms with van der Waals surface area (Å²) in [5.41, 5.74) is 1.21. The van der Waals surface area contributed by atoms with E-state index >= 15 is 0 Å². The van der Waals surface area contributed by atoms with Crippen molar-refractivity contribution in [2.75, 3.05) is 36.8 Å². The molecule has 0 aliphatic carbocycles. The SMILES string of the molecule is CCSc1cccc(Cc2nc(N3CCNCC3)no2)c1. The number of benzene rings is 1. The van der Waals surface area contributed by atoms with Crippen LogP contribution in [0.15, 0.2) is 33.7 Å². The highest BCUT2D eigenvalue weighted by atomic mass is 32.2. The molecule has 2 heterocycles. The van der Waals surface area contributed by atoms with Crippen LogP contribution in [0.2, 0.25) is 0 Å². The third-order valence-corrected chi connectivity index (χ3v) is 4.30. The summed E-state index contributed by atoms with van der Waals surface area (Å²) in [5, 5.41) is 7.42. The minimum Gasteiger partial charge on any atom is -0.337 e. The van der Waals surface area contributed by atoms with Crippen LogP contribution in [0.5, 0.6) is 0 Å². The van der Waals surface area contributed by atoms with E-state index < -0.39 is 0 Å². The van der Waals surface area contributed by atoms with Gasteiger partial charge in [0.25, 0.3) is 5.95 Å². The quantitative estimate of drug-likeness (QED) is 0.855. The van der Waals surface area contributed by atoms with E-state index in [1.165, 1.54) is 10.5 Å².